The zero-order valence-electron chi connectivity index (χ0n) is 18.2. The smallest absolute Gasteiger partial charge is 0.316 e. The Morgan fingerprint density at radius 1 is 0.824 bits per heavy atom. The van der Waals surface area contributed by atoms with E-state index in [0.29, 0.717) is 0 Å². The molecule has 34 heavy (non-hydrogen) atoms. The summed E-state index contributed by atoms with van der Waals surface area (Å²) in [4.78, 5) is 39.3. The standard InChI is InChI=1S/C25H18FN3O5/c1-33-23(31)18-20(15-5-3-14(11-27)4-6-15)25(12-28,13-29)21(16-7-9-17(26)10-8-16)19(22(18)30)24(32)34-2/h3-10,18-21H,1-2H3. The average molecular weight is 459 g/mol. The first-order valence-corrected chi connectivity index (χ1v) is 10.1. The van der Waals surface area contributed by atoms with Gasteiger partial charge in [-0.25, -0.2) is 4.39 Å². The minimum absolute atomic E-state index is 0.176. The highest BCUT2D eigenvalue weighted by Gasteiger charge is 2.65. The molecule has 8 nitrogen and oxygen atoms in total. The molecule has 1 aliphatic carbocycles. The second kappa shape index (κ2) is 9.52. The maximum atomic E-state index is 13.7. The molecular weight excluding hydrogens is 441 g/mol. The highest BCUT2D eigenvalue weighted by atomic mass is 19.1. The molecule has 1 saturated carbocycles. The summed E-state index contributed by atoms with van der Waals surface area (Å²) >= 11 is 0. The summed E-state index contributed by atoms with van der Waals surface area (Å²) < 4.78 is 23.3. The molecular formula is C25H18FN3O5. The van der Waals surface area contributed by atoms with E-state index in [9.17, 15) is 29.3 Å². The Labute approximate surface area is 194 Å². The predicted octanol–water partition coefficient (Wildman–Crippen LogP) is 2.76. The number of hydrogen-bond acceptors (Lipinski definition) is 8. The molecule has 1 aliphatic rings. The van der Waals surface area contributed by atoms with E-state index in [1.165, 1.54) is 36.4 Å². The van der Waals surface area contributed by atoms with Crippen LogP contribution in [0.15, 0.2) is 48.5 Å². The predicted molar refractivity (Wildman–Crippen MR) is 113 cm³/mol. The molecule has 9 heteroatoms. The normalized spacial score (nSPS) is 23.0. The van der Waals surface area contributed by atoms with Crippen molar-refractivity contribution in [1.29, 1.82) is 15.8 Å². The van der Waals surface area contributed by atoms with Gasteiger partial charge in [-0.15, -0.1) is 0 Å². The number of nitrogens with zero attached hydrogens (tertiary/aromatic N) is 3. The van der Waals surface area contributed by atoms with Gasteiger partial charge in [-0.05, 0) is 35.4 Å². The summed E-state index contributed by atoms with van der Waals surface area (Å²) in [5, 5.41) is 29.9. The fourth-order valence-electron chi connectivity index (χ4n) is 4.65. The number of benzene rings is 2. The van der Waals surface area contributed by atoms with Crippen molar-refractivity contribution in [2.24, 2.45) is 17.3 Å². The molecule has 0 N–H and O–H groups in total. The van der Waals surface area contributed by atoms with Crippen molar-refractivity contribution >= 4 is 17.7 Å². The van der Waals surface area contributed by atoms with Crippen molar-refractivity contribution in [3.8, 4) is 18.2 Å². The Morgan fingerprint density at radius 3 is 1.59 bits per heavy atom. The molecule has 4 unspecified atom stereocenters. The van der Waals surface area contributed by atoms with Crippen LogP contribution in [0.1, 0.15) is 28.5 Å². The fourth-order valence-corrected chi connectivity index (χ4v) is 4.65. The van der Waals surface area contributed by atoms with Crippen LogP contribution in [0.4, 0.5) is 4.39 Å². The number of carbonyl (C=O) groups is 3. The zero-order valence-corrected chi connectivity index (χ0v) is 18.2. The van der Waals surface area contributed by atoms with Gasteiger partial charge >= 0.3 is 11.9 Å². The summed E-state index contributed by atoms with van der Waals surface area (Å²) in [6.07, 6.45) is 0. The van der Waals surface area contributed by atoms with Crippen molar-refractivity contribution in [2.45, 2.75) is 11.8 Å². The fraction of sp³-hybridized carbons (Fsp3) is 0.280. The number of methoxy groups -OCH3 is 2. The molecule has 0 aromatic heterocycles. The lowest BCUT2D eigenvalue weighted by Gasteiger charge is -2.46. The van der Waals surface area contributed by atoms with Crippen LogP contribution < -0.4 is 0 Å². The first-order valence-electron chi connectivity index (χ1n) is 10.1. The second-order valence-corrected chi connectivity index (χ2v) is 7.74. The monoisotopic (exact) mass is 459 g/mol. The van der Waals surface area contributed by atoms with Crippen molar-refractivity contribution < 1.29 is 28.2 Å². The molecule has 0 radical (unpaired) electrons. The van der Waals surface area contributed by atoms with Gasteiger partial charge < -0.3 is 9.47 Å². The third-order valence-corrected chi connectivity index (χ3v) is 6.17. The Morgan fingerprint density at radius 2 is 1.24 bits per heavy atom. The average Bonchev–Trinajstić information content (AvgIpc) is 2.87. The molecule has 0 heterocycles. The van der Waals surface area contributed by atoms with E-state index in [2.05, 4.69) is 0 Å². The summed E-state index contributed by atoms with van der Waals surface area (Å²) in [6, 6.07) is 16.3. The maximum Gasteiger partial charge on any atom is 0.316 e. The molecule has 170 valence electrons. The van der Waals surface area contributed by atoms with E-state index in [1.807, 2.05) is 18.2 Å². The number of ketones is 1. The third kappa shape index (κ3) is 3.76. The van der Waals surface area contributed by atoms with Gasteiger partial charge in [-0.3, -0.25) is 14.4 Å². The molecule has 2 aromatic rings. The Kier molecular flexibility index (Phi) is 6.75. The topological polar surface area (TPSA) is 141 Å². The number of rotatable bonds is 4. The van der Waals surface area contributed by atoms with Crippen molar-refractivity contribution in [1.82, 2.24) is 0 Å². The molecule has 0 spiro atoms. The Hall–Kier alpha value is -4.55. The van der Waals surface area contributed by atoms with E-state index in [-0.39, 0.29) is 16.7 Å². The number of nitriles is 3. The van der Waals surface area contributed by atoms with Gasteiger partial charge in [0.2, 0.25) is 0 Å². The lowest BCUT2D eigenvalue weighted by molar-refractivity contribution is -0.162. The Bertz CT molecular complexity index is 1240. The van der Waals surface area contributed by atoms with Crippen LogP contribution in [-0.2, 0) is 23.9 Å². The van der Waals surface area contributed by atoms with Gasteiger partial charge in [0, 0.05) is 11.8 Å². The number of esters is 2. The van der Waals surface area contributed by atoms with Crippen LogP contribution in [0.25, 0.3) is 0 Å². The van der Waals surface area contributed by atoms with Gasteiger partial charge in [0.05, 0.1) is 38.0 Å². The maximum absolute atomic E-state index is 13.7. The number of Topliss-reactive ketones (excluding diaryl/α,β-unsaturated/α-hetero) is 1. The largest absolute Gasteiger partial charge is 0.468 e. The van der Waals surface area contributed by atoms with Crippen molar-refractivity contribution in [3.05, 3.63) is 71.0 Å². The molecule has 0 amide bonds. The summed E-state index contributed by atoms with van der Waals surface area (Å²) in [7, 11) is 2.09. The number of halogens is 1. The summed E-state index contributed by atoms with van der Waals surface area (Å²) in [6.45, 7) is 0. The molecule has 2 aromatic carbocycles. The quantitative estimate of drug-likeness (QED) is 0.502. The van der Waals surface area contributed by atoms with Crippen LogP contribution in [0, 0.1) is 57.1 Å². The lowest BCUT2D eigenvalue weighted by atomic mass is 9.50. The van der Waals surface area contributed by atoms with E-state index in [4.69, 9.17) is 14.7 Å². The van der Waals surface area contributed by atoms with E-state index in [1.54, 1.807) is 0 Å². The van der Waals surface area contributed by atoms with Crippen molar-refractivity contribution in [2.75, 3.05) is 14.2 Å². The minimum Gasteiger partial charge on any atom is -0.468 e. The SMILES string of the molecule is COC(=O)C1C(=O)C(C(=O)OC)C(c2ccc(C#N)cc2)C(C#N)(C#N)C1c1ccc(F)cc1. The molecule has 4 atom stereocenters. The van der Waals surface area contributed by atoms with Crippen LogP contribution in [0.5, 0.6) is 0 Å². The molecule has 0 saturated heterocycles. The van der Waals surface area contributed by atoms with Gasteiger partial charge in [0.15, 0.2) is 11.2 Å². The van der Waals surface area contributed by atoms with Gasteiger partial charge in [-0.2, -0.15) is 15.8 Å². The van der Waals surface area contributed by atoms with Crippen LogP contribution >= 0.6 is 0 Å². The Balaban J connectivity index is 2.40. The zero-order chi connectivity index (χ0) is 25.0. The summed E-state index contributed by atoms with van der Waals surface area (Å²) in [5.41, 5.74) is -1.43. The molecule has 0 aliphatic heterocycles. The summed E-state index contributed by atoms with van der Waals surface area (Å²) in [5.74, 6) is -9.68. The molecule has 3 rings (SSSR count). The highest BCUT2D eigenvalue weighted by Crippen LogP contribution is 2.58. The second-order valence-electron chi connectivity index (χ2n) is 7.74. The third-order valence-electron chi connectivity index (χ3n) is 6.17. The highest BCUT2D eigenvalue weighted by molar-refractivity contribution is 6.11. The van der Waals surface area contributed by atoms with Crippen LogP contribution in [0.3, 0.4) is 0 Å². The van der Waals surface area contributed by atoms with Crippen LogP contribution in [-0.4, -0.2) is 31.9 Å². The first-order chi connectivity index (χ1) is 16.3. The van der Waals surface area contributed by atoms with Crippen LogP contribution in [0.2, 0.25) is 0 Å². The lowest BCUT2D eigenvalue weighted by Crippen LogP contribution is -2.55. The van der Waals surface area contributed by atoms with Gasteiger partial charge in [0.1, 0.15) is 17.7 Å². The first kappa shape index (κ1) is 24.1. The van der Waals surface area contributed by atoms with E-state index >= 15 is 0 Å². The van der Waals surface area contributed by atoms with E-state index in [0.717, 1.165) is 26.4 Å². The van der Waals surface area contributed by atoms with Crippen molar-refractivity contribution in [3.63, 3.8) is 0 Å². The number of ether oxygens (including phenoxy) is 2. The van der Waals surface area contributed by atoms with Gasteiger partial charge in [-0.1, -0.05) is 24.3 Å². The molecule has 0 bridgehead atoms. The molecule has 1 fully saturated rings. The van der Waals surface area contributed by atoms with E-state index < -0.39 is 52.6 Å². The minimum atomic E-state index is -2.14. The van der Waals surface area contributed by atoms with Gasteiger partial charge in [0.25, 0.3) is 0 Å². The number of hydrogen-bond donors (Lipinski definition) is 0. The number of carbonyl (C=O) groups excluding carboxylic acids is 3.